The predicted octanol–water partition coefficient (Wildman–Crippen LogP) is 4.74. The number of rotatable bonds is 4. The Labute approximate surface area is 129 Å². The second kappa shape index (κ2) is 5.14. The number of carbonyl (C=O) groups excluding carboxylic acids is 1. The molecule has 0 aromatic rings. The zero-order valence-corrected chi connectivity index (χ0v) is 14.0. The molecule has 2 heteroatoms. The summed E-state index contributed by atoms with van der Waals surface area (Å²) < 4.78 is 6.29. The summed E-state index contributed by atoms with van der Waals surface area (Å²) in [5.41, 5.74) is -0.672. The average Bonchev–Trinajstić information content (AvgIpc) is 2.43. The zero-order valence-electron chi connectivity index (χ0n) is 14.0. The minimum absolute atomic E-state index is 0.00410. The van der Waals surface area contributed by atoms with E-state index >= 15 is 0 Å². The maximum atomic E-state index is 12.7. The Balaban J connectivity index is 1.89. The van der Waals surface area contributed by atoms with Crippen LogP contribution in [-0.2, 0) is 9.53 Å². The van der Waals surface area contributed by atoms with E-state index in [9.17, 15) is 4.79 Å². The van der Waals surface area contributed by atoms with E-state index in [2.05, 4.69) is 26.0 Å². The summed E-state index contributed by atoms with van der Waals surface area (Å²) in [6.45, 7) is 8.15. The first-order chi connectivity index (χ1) is 9.91. The van der Waals surface area contributed by atoms with Crippen molar-refractivity contribution >= 4 is 5.97 Å². The van der Waals surface area contributed by atoms with Gasteiger partial charge in [-0.15, -0.1) is 0 Å². The van der Waals surface area contributed by atoms with Crippen molar-refractivity contribution in [2.24, 2.45) is 29.1 Å². The van der Waals surface area contributed by atoms with Crippen molar-refractivity contribution in [2.45, 2.75) is 71.8 Å². The molecule has 4 rings (SSSR count). The second-order valence-electron chi connectivity index (χ2n) is 8.28. The maximum absolute atomic E-state index is 12.7. The average molecular weight is 290 g/mol. The smallest absolute Gasteiger partial charge is 0.312 e. The Morgan fingerprint density at radius 1 is 1.14 bits per heavy atom. The van der Waals surface area contributed by atoms with Crippen LogP contribution in [-0.4, -0.2) is 11.6 Å². The fraction of sp³-hybridized carbons (Fsp3) is 0.842. The summed E-state index contributed by atoms with van der Waals surface area (Å²) in [6.07, 6.45) is 11.6. The third kappa shape index (κ3) is 2.35. The van der Waals surface area contributed by atoms with Gasteiger partial charge in [0.2, 0.25) is 0 Å². The van der Waals surface area contributed by atoms with Gasteiger partial charge in [0, 0.05) is 11.8 Å². The third-order valence-electron chi connectivity index (χ3n) is 6.55. The maximum Gasteiger partial charge on any atom is 0.312 e. The van der Waals surface area contributed by atoms with Crippen LogP contribution >= 0.6 is 0 Å². The molecule has 0 radical (unpaired) electrons. The Kier molecular flexibility index (Phi) is 3.70. The van der Waals surface area contributed by atoms with Gasteiger partial charge in [0.25, 0.3) is 0 Å². The van der Waals surface area contributed by atoms with Gasteiger partial charge in [-0.1, -0.05) is 13.0 Å². The molecule has 21 heavy (non-hydrogen) atoms. The van der Waals surface area contributed by atoms with E-state index in [1.165, 1.54) is 32.1 Å². The summed E-state index contributed by atoms with van der Waals surface area (Å²) in [7, 11) is 0. The lowest BCUT2D eigenvalue weighted by molar-refractivity contribution is -0.201. The van der Waals surface area contributed by atoms with Gasteiger partial charge in [-0.3, -0.25) is 4.79 Å². The van der Waals surface area contributed by atoms with E-state index in [-0.39, 0.29) is 17.0 Å². The number of carbonyl (C=O) groups is 1. The first-order valence-electron chi connectivity index (χ1n) is 8.78. The largest absolute Gasteiger partial charge is 0.454 e. The number of esters is 1. The van der Waals surface area contributed by atoms with Crippen LogP contribution in [0.5, 0.6) is 0 Å². The molecule has 4 fully saturated rings. The minimum atomic E-state index is -0.372. The molecule has 4 saturated carbocycles. The standard InChI is InChI=1S/C19H30O2/c1-5-7-19(21-17(20)18(3,4)6-2)15-9-13-8-14(11-15)12-16(19)10-13/h5,7,13-16H,6,8-12H2,1-4H3/b7-5+. The van der Waals surface area contributed by atoms with Crippen LogP contribution in [0.1, 0.15) is 66.2 Å². The molecule has 4 bridgehead atoms. The zero-order chi connectivity index (χ0) is 15.3. The molecule has 0 N–H and O–H groups in total. The summed E-state index contributed by atoms with van der Waals surface area (Å²) >= 11 is 0. The van der Waals surface area contributed by atoms with Gasteiger partial charge in [0.05, 0.1) is 5.41 Å². The molecule has 0 aliphatic heterocycles. The molecule has 0 aromatic carbocycles. The van der Waals surface area contributed by atoms with Gasteiger partial charge in [-0.2, -0.15) is 0 Å². The van der Waals surface area contributed by atoms with E-state index in [1.807, 2.05) is 13.8 Å². The van der Waals surface area contributed by atoms with Gasteiger partial charge < -0.3 is 4.74 Å². The highest BCUT2D eigenvalue weighted by Gasteiger charge is 2.58. The molecule has 0 atom stereocenters. The SMILES string of the molecule is C/C=C/C1(OC(=O)C(C)(C)CC)C2CC3CC(C2)CC1C3. The van der Waals surface area contributed by atoms with Gasteiger partial charge in [-0.25, -0.2) is 0 Å². The summed E-state index contributed by atoms with van der Waals surface area (Å²) in [5.74, 6) is 2.89. The summed E-state index contributed by atoms with van der Waals surface area (Å²) in [5, 5.41) is 0. The molecule has 4 aliphatic rings. The molecular weight excluding hydrogens is 260 g/mol. The minimum Gasteiger partial charge on any atom is -0.454 e. The van der Waals surface area contributed by atoms with Crippen molar-refractivity contribution in [3.8, 4) is 0 Å². The normalized spacial score (nSPS) is 41.7. The first kappa shape index (κ1) is 15.1. The Bertz CT molecular complexity index is 418. The molecular formula is C19H30O2. The molecule has 2 nitrogen and oxygen atoms in total. The molecule has 0 heterocycles. The Hall–Kier alpha value is -0.790. The number of allylic oxidation sites excluding steroid dienone is 1. The van der Waals surface area contributed by atoms with Crippen LogP contribution in [0, 0.1) is 29.1 Å². The predicted molar refractivity (Wildman–Crippen MR) is 84.8 cm³/mol. The number of ether oxygens (including phenoxy) is 1. The van der Waals surface area contributed by atoms with E-state index < -0.39 is 0 Å². The van der Waals surface area contributed by atoms with Gasteiger partial charge in [0.1, 0.15) is 5.60 Å². The lowest BCUT2D eigenvalue weighted by atomic mass is 9.49. The van der Waals surface area contributed by atoms with Crippen LogP contribution in [0.25, 0.3) is 0 Å². The van der Waals surface area contributed by atoms with E-state index in [4.69, 9.17) is 4.74 Å². The molecule has 0 aromatic heterocycles. The van der Waals surface area contributed by atoms with Crippen molar-refractivity contribution in [3.05, 3.63) is 12.2 Å². The van der Waals surface area contributed by atoms with Gasteiger partial charge in [0.15, 0.2) is 0 Å². The van der Waals surface area contributed by atoms with Crippen molar-refractivity contribution in [2.75, 3.05) is 0 Å². The lowest BCUT2D eigenvalue weighted by Crippen LogP contribution is -2.59. The van der Waals surface area contributed by atoms with Crippen LogP contribution in [0.2, 0.25) is 0 Å². The van der Waals surface area contributed by atoms with E-state index in [0.29, 0.717) is 11.8 Å². The van der Waals surface area contributed by atoms with E-state index in [1.54, 1.807) is 0 Å². The molecule has 0 unspecified atom stereocenters. The third-order valence-corrected chi connectivity index (χ3v) is 6.55. The summed E-state index contributed by atoms with van der Waals surface area (Å²) in [6, 6.07) is 0. The highest BCUT2D eigenvalue weighted by molar-refractivity contribution is 5.76. The van der Waals surface area contributed by atoms with Gasteiger partial charge in [-0.05, 0) is 77.2 Å². The molecule has 118 valence electrons. The van der Waals surface area contributed by atoms with Crippen molar-refractivity contribution in [1.82, 2.24) is 0 Å². The van der Waals surface area contributed by atoms with Crippen LogP contribution in [0.15, 0.2) is 12.2 Å². The quantitative estimate of drug-likeness (QED) is 0.552. The first-order valence-corrected chi connectivity index (χ1v) is 8.78. The molecule has 0 saturated heterocycles. The van der Waals surface area contributed by atoms with Crippen molar-refractivity contribution < 1.29 is 9.53 Å². The fourth-order valence-electron chi connectivity index (χ4n) is 5.10. The Morgan fingerprint density at radius 2 is 1.67 bits per heavy atom. The monoisotopic (exact) mass is 290 g/mol. The molecule has 0 amide bonds. The highest BCUT2D eigenvalue weighted by atomic mass is 16.6. The van der Waals surface area contributed by atoms with Crippen LogP contribution < -0.4 is 0 Å². The highest BCUT2D eigenvalue weighted by Crippen LogP contribution is 2.60. The lowest BCUT2D eigenvalue weighted by Gasteiger charge is -2.59. The van der Waals surface area contributed by atoms with Crippen molar-refractivity contribution in [3.63, 3.8) is 0 Å². The topological polar surface area (TPSA) is 26.3 Å². The second-order valence-corrected chi connectivity index (χ2v) is 8.28. The number of hydrogen-bond acceptors (Lipinski definition) is 2. The molecule has 0 spiro atoms. The Morgan fingerprint density at radius 3 is 2.10 bits per heavy atom. The van der Waals surface area contributed by atoms with E-state index in [0.717, 1.165) is 18.3 Å². The number of hydrogen-bond donors (Lipinski definition) is 0. The van der Waals surface area contributed by atoms with Crippen LogP contribution in [0.4, 0.5) is 0 Å². The summed E-state index contributed by atoms with van der Waals surface area (Å²) in [4.78, 5) is 12.7. The molecule has 4 aliphatic carbocycles. The van der Waals surface area contributed by atoms with Crippen LogP contribution in [0.3, 0.4) is 0 Å². The van der Waals surface area contributed by atoms with Gasteiger partial charge >= 0.3 is 5.97 Å². The van der Waals surface area contributed by atoms with Crippen molar-refractivity contribution in [1.29, 1.82) is 0 Å². The fourth-order valence-corrected chi connectivity index (χ4v) is 5.10.